The summed E-state index contributed by atoms with van der Waals surface area (Å²) < 4.78 is 0. The zero-order valence-electron chi connectivity index (χ0n) is 13.7. The Balaban J connectivity index is 0.00000400. The SMILES string of the molecule is CCc1ccc(C(C)(C)CNC(=O)CCCNC)cc1.Cl. The number of hydrogen-bond donors (Lipinski definition) is 2. The van der Waals surface area contributed by atoms with Gasteiger partial charge in [0.2, 0.25) is 5.91 Å². The van der Waals surface area contributed by atoms with Gasteiger partial charge in [-0.05, 0) is 37.6 Å². The lowest BCUT2D eigenvalue weighted by atomic mass is 9.84. The Labute approximate surface area is 135 Å². The molecule has 1 aromatic rings. The van der Waals surface area contributed by atoms with Gasteiger partial charge in [-0.1, -0.05) is 45.0 Å². The van der Waals surface area contributed by atoms with Gasteiger partial charge in [0.1, 0.15) is 0 Å². The smallest absolute Gasteiger partial charge is 0.220 e. The Morgan fingerprint density at radius 2 is 1.81 bits per heavy atom. The summed E-state index contributed by atoms with van der Waals surface area (Å²) in [7, 11) is 1.90. The number of carbonyl (C=O) groups excluding carboxylic acids is 1. The summed E-state index contributed by atoms with van der Waals surface area (Å²) in [6.45, 7) is 8.06. The second-order valence-electron chi connectivity index (χ2n) is 5.92. The largest absolute Gasteiger partial charge is 0.355 e. The molecule has 120 valence electrons. The van der Waals surface area contributed by atoms with Crippen LogP contribution in [0.1, 0.15) is 44.7 Å². The number of aryl methyl sites for hydroxylation is 1. The third-order valence-corrected chi connectivity index (χ3v) is 3.70. The Hall–Kier alpha value is -1.06. The topological polar surface area (TPSA) is 41.1 Å². The van der Waals surface area contributed by atoms with Gasteiger partial charge in [0.25, 0.3) is 0 Å². The molecule has 0 atom stereocenters. The van der Waals surface area contributed by atoms with E-state index in [2.05, 4.69) is 55.7 Å². The van der Waals surface area contributed by atoms with Crippen molar-refractivity contribution in [1.82, 2.24) is 10.6 Å². The van der Waals surface area contributed by atoms with E-state index in [0.717, 1.165) is 19.4 Å². The van der Waals surface area contributed by atoms with Crippen LogP contribution in [0.3, 0.4) is 0 Å². The van der Waals surface area contributed by atoms with Crippen LogP contribution in [0.5, 0.6) is 0 Å². The van der Waals surface area contributed by atoms with Crippen molar-refractivity contribution < 1.29 is 4.79 Å². The van der Waals surface area contributed by atoms with Crippen molar-refractivity contribution >= 4 is 18.3 Å². The average Bonchev–Trinajstić information content (AvgIpc) is 2.45. The maximum absolute atomic E-state index is 11.8. The zero-order chi connectivity index (χ0) is 15.0. The van der Waals surface area contributed by atoms with Gasteiger partial charge >= 0.3 is 0 Å². The molecule has 0 spiro atoms. The second-order valence-corrected chi connectivity index (χ2v) is 5.92. The third kappa shape index (κ3) is 6.96. The second kappa shape index (κ2) is 9.80. The van der Waals surface area contributed by atoms with Gasteiger partial charge in [-0.15, -0.1) is 12.4 Å². The van der Waals surface area contributed by atoms with Crippen LogP contribution < -0.4 is 10.6 Å². The predicted molar refractivity (Wildman–Crippen MR) is 92.3 cm³/mol. The first-order valence-corrected chi connectivity index (χ1v) is 7.50. The molecule has 0 unspecified atom stereocenters. The van der Waals surface area contributed by atoms with Gasteiger partial charge < -0.3 is 10.6 Å². The Morgan fingerprint density at radius 1 is 1.19 bits per heavy atom. The molecular formula is C17H29ClN2O. The Bertz CT molecular complexity index is 415. The molecule has 0 aliphatic carbocycles. The lowest BCUT2D eigenvalue weighted by Crippen LogP contribution is -2.36. The van der Waals surface area contributed by atoms with E-state index in [4.69, 9.17) is 0 Å². The standard InChI is InChI=1S/C17H28N2O.ClH/c1-5-14-8-10-15(11-9-14)17(2,3)13-19-16(20)7-6-12-18-4;/h8-11,18H,5-7,12-13H2,1-4H3,(H,19,20);1H. The number of hydrogen-bond acceptors (Lipinski definition) is 2. The van der Waals surface area contributed by atoms with E-state index in [0.29, 0.717) is 13.0 Å². The summed E-state index contributed by atoms with van der Waals surface area (Å²) in [5.74, 6) is 0.138. The summed E-state index contributed by atoms with van der Waals surface area (Å²) in [4.78, 5) is 11.8. The fourth-order valence-electron chi connectivity index (χ4n) is 2.13. The van der Waals surface area contributed by atoms with E-state index in [1.807, 2.05) is 7.05 Å². The van der Waals surface area contributed by atoms with E-state index in [-0.39, 0.29) is 23.7 Å². The van der Waals surface area contributed by atoms with Crippen molar-refractivity contribution in [3.8, 4) is 0 Å². The molecule has 3 nitrogen and oxygen atoms in total. The summed E-state index contributed by atoms with van der Waals surface area (Å²) in [6, 6.07) is 8.69. The molecule has 0 saturated heterocycles. The zero-order valence-corrected chi connectivity index (χ0v) is 14.5. The Morgan fingerprint density at radius 3 is 2.33 bits per heavy atom. The van der Waals surface area contributed by atoms with Crippen molar-refractivity contribution in [3.05, 3.63) is 35.4 Å². The van der Waals surface area contributed by atoms with Gasteiger partial charge in [-0.25, -0.2) is 0 Å². The molecule has 1 rings (SSSR count). The summed E-state index contributed by atoms with van der Waals surface area (Å²) >= 11 is 0. The van der Waals surface area contributed by atoms with Crippen LogP contribution >= 0.6 is 12.4 Å². The molecule has 0 radical (unpaired) electrons. The first-order chi connectivity index (χ1) is 9.49. The van der Waals surface area contributed by atoms with Gasteiger partial charge in [-0.2, -0.15) is 0 Å². The predicted octanol–water partition coefficient (Wildman–Crippen LogP) is 3.06. The Kier molecular flexibility index (Phi) is 9.31. The van der Waals surface area contributed by atoms with Crippen molar-refractivity contribution in [2.24, 2.45) is 0 Å². The van der Waals surface area contributed by atoms with Crippen molar-refractivity contribution in [2.75, 3.05) is 20.1 Å². The minimum absolute atomic E-state index is 0. The maximum Gasteiger partial charge on any atom is 0.220 e. The molecule has 21 heavy (non-hydrogen) atoms. The summed E-state index contributed by atoms with van der Waals surface area (Å²) in [5, 5.41) is 6.09. The van der Waals surface area contributed by atoms with Crippen molar-refractivity contribution in [1.29, 1.82) is 0 Å². The summed E-state index contributed by atoms with van der Waals surface area (Å²) in [6.07, 6.45) is 2.53. The first-order valence-electron chi connectivity index (χ1n) is 7.50. The third-order valence-electron chi connectivity index (χ3n) is 3.70. The van der Waals surface area contributed by atoms with Crippen LogP contribution in [0.4, 0.5) is 0 Å². The first kappa shape index (κ1) is 19.9. The van der Waals surface area contributed by atoms with Gasteiger partial charge in [0.05, 0.1) is 0 Å². The minimum atomic E-state index is -0.0368. The number of halogens is 1. The van der Waals surface area contributed by atoms with Crippen LogP contribution in [0.15, 0.2) is 24.3 Å². The molecule has 4 heteroatoms. The highest BCUT2D eigenvalue weighted by atomic mass is 35.5. The van der Waals surface area contributed by atoms with E-state index in [1.165, 1.54) is 11.1 Å². The fourth-order valence-corrected chi connectivity index (χ4v) is 2.13. The monoisotopic (exact) mass is 312 g/mol. The van der Waals surface area contributed by atoms with E-state index in [9.17, 15) is 4.79 Å². The highest BCUT2D eigenvalue weighted by Gasteiger charge is 2.21. The summed E-state index contributed by atoms with van der Waals surface area (Å²) in [5.41, 5.74) is 2.58. The lowest BCUT2D eigenvalue weighted by molar-refractivity contribution is -0.121. The molecule has 0 aliphatic heterocycles. The fraction of sp³-hybridized carbons (Fsp3) is 0.588. The molecule has 1 aromatic carbocycles. The average molecular weight is 313 g/mol. The number of amides is 1. The van der Waals surface area contributed by atoms with Gasteiger partial charge in [-0.3, -0.25) is 4.79 Å². The van der Waals surface area contributed by atoms with Gasteiger partial charge in [0.15, 0.2) is 0 Å². The van der Waals surface area contributed by atoms with Crippen molar-refractivity contribution in [3.63, 3.8) is 0 Å². The minimum Gasteiger partial charge on any atom is -0.355 e. The number of benzene rings is 1. The highest BCUT2D eigenvalue weighted by Crippen LogP contribution is 2.22. The number of carbonyl (C=O) groups is 1. The molecule has 1 amide bonds. The molecule has 0 heterocycles. The van der Waals surface area contributed by atoms with Crippen LogP contribution in [0.25, 0.3) is 0 Å². The number of rotatable bonds is 8. The normalized spacial score (nSPS) is 10.9. The maximum atomic E-state index is 11.8. The van der Waals surface area contributed by atoms with E-state index < -0.39 is 0 Å². The molecule has 2 N–H and O–H groups in total. The lowest BCUT2D eigenvalue weighted by Gasteiger charge is -2.26. The molecule has 0 fully saturated rings. The van der Waals surface area contributed by atoms with Crippen LogP contribution in [-0.4, -0.2) is 26.0 Å². The molecule has 0 bridgehead atoms. The van der Waals surface area contributed by atoms with Crippen LogP contribution in [0.2, 0.25) is 0 Å². The van der Waals surface area contributed by atoms with E-state index >= 15 is 0 Å². The molecule has 0 aromatic heterocycles. The van der Waals surface area contributed by atoms with Gasteiger partial charge in [0, 0.05) is 18.4 Å². The number of nitrogens with one attached hydrogen (secondary N) is 2. The molecule has 0 aliphatic rings. The highest BCUT2D eigenvalue weighted by molar-refractivity contribution is 5.85. The molecule has 0 saturated carbocycles. The molecular weight excluding hydrogens is 284 g/mol. The van der Waals surface area contributed by atoms with Crippen molar-refractivity contribution in [2.45, 2.75) is 45.4 Å². The quantitative estimate of drug-likeness (QED) is 0.724. The van der Waals surface area contributed by atoms with E-state index in [1.54, 1.807) is 0 Å². The van der Waals surface area contributed by atoms with Crippen LogP contribution in [-0.2, 0) is 16.6 Å². The van der Waals surface area contributed by atoms with Crippen LogP contribution in [0, 0.1) is 0 Å².